The van der Waals surface area contributed by atoms with Gasteiger partial charge in [-0.2, -0.15) is 0 Å². The molecule has 4 heteroatoms. The molecule has 0 aliphatic rings. The van der Waals surface area contributed by atoms with Crippen LogP contribution in [0.4, 0.5) is 0 Å². The number of nitrogens with two attached hydrogens (primary N) is 1. The Morgan fingerprint density at radius 2 is 2.22 bits per heavy atom. The van der Waals surface area contributed by atoms with E-state index in [4.69, 9.17) is 5.73 Å². The molecule has 2 N–H and O–H groups in total. The number of hydrogen-bond donors (Lipinski definition) is 1. The number of esters is 1. The van der Waals surface area contributed by atoms with Gasteiger partial charge >= 0.3 is 5.97 Å². The second-order valence-corrected chi connectivity index (χ2v) is 1.56. The topological polar surface area (TPSA) is 64.7 Å². The monoisotopic (exact) mass is 130 g/mol. The molecule has 0 radical (unpaired) electrons. The summed E-state index contributed by atoms with van der Waals surface area (Å²) in [6, 6.07) is 0. The molecule has 0 fully saturated rings. The third kappa shape index (κ3) is 6.94. The van der Waals surface area contributed by atoms with Crippen LogP contribution in [-0.4, -0.2) is 18.5 Å². The molecule has 9 heavy (non-hydrogen) atoms. The van der Waals surface area contributed by atoms with E-state index in [1.165, 1.54) is 6.92 Å². The van der Waals surface area contributed by atoms with E-state index in [2.05, 4.69) is 9.73 Å². The Hall–Kier alpha value is -1.06. The maximum atomic E-state index is 10.1. The maximum Gasteiger partial charge on any atom is 0.304 e. The molecular formula is C5H10N2O2. The Morgan fingerprint density at radius 1 is 1.67 bits per heavy atom. The number of hydrogen-bond acceptors (Lipinski definition) is 3. The first-order valence-electron chi connectivity index (χ1n) is 2.53. The van der Waals surface area contributed by atoms with Gasteiger partial charge in [-0.05, 0) is 6.92 Å². The van der Waals surface area contributed by atoms with Crippen molar-refractivity contribution < 1.29 is 9.53 Å². The molecule has 0 aromatic carbocycles. The number of rotatable bonds is 2. The molecule has 0 aliphatic heterocycles. The summed E-state index contributed by atoms with van der Waals surface area (Å²) in [4.78, 5) is 13.7. The van der Waals surface area contributed by atoms with Crippen LogP contribution in [0.25, 0.3) is 0 Å². The lowest BCUT2D eigenvalue weighted by molar-refractivity contribution is -0.140. The van der Waals surface area contributed by atoms with Crippen molar-refractivity contribution in [3.63, 3.8) is 0 Å². The Kier molecular flexibility index (Phi) is 3.43. The first-order chi connectivity index (χ1) is 4.13. The number of ether oxygens (including phenoxy) is 1. The summed E-state index contributed by atoms with van der Waals surface area (Å²) < 4.78 is 4.45. The summed E-state index contributed by atoms with van der Waals surface area (Å²) in [7, 11) is 0. The molecular weight excluding hydrogens is 120 g/mol. The number of nitrogens with zero attached hydrogens (tertiary/aromatic N) is 1. The minimum Gasteiger partial charge on any atom is -0.443 e. The van der Waals surface area contributed by atoms with E-state index >= 15 is 0 Å². The van der Waals surface area contributed by atoms with Gasteiger partial charge in [-0.3, -0.25) is 4.79 Å². The van der Waals surface area contributed by atoms with Crippen molar-refractivity contribution >= 4 is 11.8 Å². The Morgan fingerprint density at radius 3 is 2.56 bits per heavy atom. The first-order valence-corrected chi connectivity index (χ1v) is 2.53. The van der Waals surface area contributed by atoms with Crippen molar-refractivity contribution in [1.29, 1.82) is 0 Å². The molecule has 0 aliphatic carbocycles. The third-order valence-corrected chi connectivity index (χ3v) is 0.582. The van der Waals surface area contributed by atoms with Crippen LogP contribution in [-0.2, 0) is 9.53 Å². The van der Waals surface area contributed by atoms with Gasteiger partial charge in [0.25, 0.3) is 0 Å². The molecule has 0 unspecified atom stereocenters. The Bertz CT molecular complexity index is 127. The van der Waals surface area contributed by atoms with Crippen LogP contribution in [0.15, 0.2) is 4.99 Å². The number of carbonyl (C=O) groups excluding carboxylic acids is 1. The normalized spacial score (nSPS) is 11.1. The highest BCUT2D eigenvalue weighted by atomic mass is 16.5. The highest BCUT2D eigenvalue weighted by Crippen LogP contribution is 1.76. The summed E-state index contributed by atoms with van der Waals surface area (Å²) in [6.07, 6.45) is 0. The highest BCUT2D eigenvalue weighted by Gasteiger charge is 1.87. The fourth-order valence-corrected chi connectivity index (χ4v) is 0.225. The van der Waals surface area contributed by atoms with E-state index in [1.807, 2.05) is 0 Å². The van der Waals surface area contributed by atoms with Gasteiger partial charge in [-0.1, -0.05) is 0 Å². The van der Waals surface area contributed by atoms with Crippen LogP contribution >= 0.6 is 0 Å². The molecule has 0 rings (SSSR count). The maximum absolute atomic E-state index is 10.1. The van der Waals surface area contributed by atoms with E-state index in [-0.39, 0.29) is 12.7 Å². The largest absolute Gasteiger partial charge is 0.443 e. The van der Waals surface area contributed by atoms with Gasteiger partial charge in [-0.25, -0.2) is 4.99 Å². The van der Waals surface area contributed by atoms with E-state index in [0.29, 0.717) is 5.84 Å². The number of aliphatic imine (C=N–C) groups is 1. The minimum atomic E-state index is -0.347. The number of amidine groups is 1. The van der Waals surface area contributed by atoms with Gasteiger partial charge in [0.15, 0.2) is 6.73 Å². The van der Waals surface area contributed by atoms with E-state index in [1.54, 1.807) is 6.92 Å². The van der Waals surface area contributed by atoms with Crippen molar-refractivity contribution in [2.75, 3.05) is 6.73 Å². The molecule has 0 heterocycles. The molecule has 0 aromatic rings. The van der Waals surface area contributed by atoms with Crippen molar-refractivity contribution in [2.24, 2.45) is 10.7 Å². The van der Waals surface area contributed by atoms with Gasteiger partial charge in [0.05, 0.1) is 5.84 Å². The molecule has 0 amide bonds. The Balaban J connectivity index is 3.31. The Labute approximate surface area is 53.7 Å². The van der Waals surface area contributed by atoms with E-state index in [0.717, 1.165) is 0 Å². The zero-order valence-corrected chi connectivity index (χ0v) is 5.55. The van der Waals surface area contributed by atoms with Gasteiger partial charge in [-0.15, -0.1) is 0 Å². The predicted molar refractivity (Wildman–Crippen MR) is 33.9 cm³/mol. The average Bonchev–Trinajstić information content (AvgIpc) is 1.63. The lowest BCUT2D eigenvalue weighted by Crippen LogP contribution is -2.08. The first kappa shape index (κ1) is 7.94. The standard InChI is InChI=1S/C5H10N2O2/c1-4(6)7-3-9-5(2)8/h3H2,1-2H3,(H2,6,7). The summed E-state index contributed by atoms with van der Waals surface area (Å²) in [5.74, 6) is 0.0660. The molecule has 0 atom stereocenters. The summed E-state index contributed by atoms with van der Waals surface area (Å²) in [5, 5.41) is 0. The lowest BCUT2D eigenvalue weighted by Gasteiger charge is -1.94. The van der Waals surface area contributed by atoms with Crippen LogP contribution in [0, 0.1) is 0 Å². The molecule has 0 aromatic heterocycles. The van der Waals surface area contributed by atoms with Gasteiger partial charge in [0, 0.05) is 6.92 Å². The third-order valence-electron chi connectivity index (χ3n) is 0.582. The predicted octanol–water partition coefficient (Wildman–Crippen LogP) is -0.116. The van der Waals surface area contributed by atoms with Crippen LogP contribution in [0.1, 0.15) is 13.8 Å². The van der Waals surface area contributed by atoms with Crippen LogP contribution in [0.3, 0.4) is 0 Å². The van der Waals surface area contributed by atoms with E-state index in [9.17, 15) is 4.79 Å². The number of carbonyl (C=O) groups is 1. The minimum absolute atomic E-state index is 0.0255. The smallest absolute Gasteiger partial charge is 0.304 e. The van der Waals surface area contributed by atoms with Crippen molar-refractivity contribution in [1.82, 2.24) is 0 Å². The van der Waals surface area contributed by atoms with Crippen molar-refractivity contribution in [3.05, 3.63) is 0 Å². The SMILES string of the molecule is CC(=O)OCN=C(C)N. The second-order valence-electron chi connectivity index (χ2n) is 1.56. The fraction of sp³-hybridized carbons (Fsp3) is 0.600. The fourth-order valence-electron chi connectivity index (χ4n) is 0.225. The average molecular weight is 130 g/mol. The molecule has 0 saturated carbocycles. The van der Waals surface area contributed by atoms with Gasteiger partial charge in [0.1, 0.15) is 0 Å². The molecule has 4 nitrogen and oxygen atoms in total. The zero-order chi connectivity index (χ0) is 7.28. The summed E-state index contributed by atoms with van der Waals surface area (Å²) in [5.41, 5.74) is 5.14. The van der Waals surface area contributed by atoms with Gasteiger partial charge < -0.3 is 10.5 Å². The molecule has 52 valence electrons. The van der Waals surface area contributed by atoms with E-state index < -0.39 is 0 Å². The molecule has 0 bridgehead atoms. The summed E-state index contributed by atoms with van der Waals surface area (Å²) >= 11 is 0. The molecule has 0 spiro atoms. The quantitative estimate of drug-likeness (QED) is 0.322. The zero-order valence-electron chi connectivity index (χ0n) is 5.55. The van der Waals surface area contributed by atoms with Crippen LogP contribution in [0.2, 0.25) is 0 Å². The van der Waals surface area contributed by atoms with Crippen LogP contribution in [0.5, 0.6) is 0 Å². The highest BCUT2D eigenvalue weighted by molar-refractivity contribution is 5.77. The van der Waals surface area contributed by atoms with Crippen LogP contribution < -0.4 is 5.73 Å². The lowest BCUT2D eigenvalue weighted by atomic mass is 10.7. The van der Waals surface area contributed by atoms with Crippen molar-refractivity contribution in [2.45, 2.75) is 13.8 Å². The summed E-state index contributed by atoms with van der Waals surface area (Å²) in [6.45, 7) is 2.97. The van der Waals surface area contributed by atoms with Gasteiger partial charge in [0.2, 0.25) is 0 Å². The second kappa shape index (κ2) is 3.88. The molecule has 0 saturated heterocycles. The van der Waals surface area contributed by atoms with Crippen molar-refractivity contribution in [3.8, 4) is 0 Å².